The number of hydrogen-bond donors (Lipinski definition) is 1. The fourth-order valence-electron chi connectivity index (χ4n) is 1.97. The number of hydrogen-bond acceptors (Lipinski definition) is 3. The van der Waals surface area contributed by atoms with Crippen molar-refractivity contribution in [1.82, 2.24) is 4.98 Å². The molecule has 1 aromatic rings. The van der Waals surface area contributed by atoms with E-state index in [4.69, 9.17) is 16.7 Å². The van der Waals surface area contributed by atoms with Crippen molar-refractivity contribution in [3.63, 3.8) is 0 Å². The van der Waals surface area contributed by atoms with Gasteiger partial charge >= 0.3 is 0 Å². The molecule has 1 aromatic heterocycles. The topological polar surface area (TPSA) is 73.1 Å². The van der Waals surface area contributed by atoms with Crippen molar-refractivity contribution >= 4 is 21.6 Å². The van der Waals surface area contributed by atoms with Crippen LogP contribution in [0.1, 0.15) is 29.7 Å². The molecular formula is C10H13ClN2O2S. The summed E-state index contributed by atoms with van der Waals surface area (Å²) in [7, 11) is -3.55. The number of nitrogens with two attached hydrogens (primary N) is 1. The van der Waals surface area contributed by atoms with E-state index < -0.39 is 10.0 Å². The van der Waals surface area contributed by atoms with Gasteiger partial charge in [0.25, 0.3) is 0 Å². The molecule has 16 heavy (non-hydrogen) atoms. The van der Waals surface area contributed by atoms with Crippen LogP contribution in [0.15, 0.2) is 6.07 Å². The Morgan fingerprint density at radius 3 is 2.75 bits per heavy atom. The minimum atomic E-state index is -3.55. The molecule has 0 atom stereocenters. The fraction of sp³-hybridized carbons (Fsp3) is 0.500. The predicted octanol–water partition coefficient (Wildman–Crippen LogP) is 1.40. The first-order chi connectivity index (χ1) is 7.46. The molecule has 2 rings (SSSR count). The van der Waals surface area contributed by atoms with Gasteiger partial charge in [0.05, 0.1) is 5.75 Å². The number of aromatic nitrogens is 1. The Morgan fingerprint density at radius 2 is 2.06 bits per heavy atom. The quantitative estimate of drug-likeness (QED) is 0.817. The zero-order chi connectivity index (χ0) is 11.8. The molecule has 0 amide bonds. The minimum Gasteiger partial charge on any atom is -0.241 e. The molecule has 0 unspecified atom stereocenters. The van der Waals surface area contributed by atoms with Gasteiger partial charge in [0.2, 0.25) is 10.0 Å². The van der Waals surface area contributed by atoms with E-state index in [1.54, 1.807) is 0 Å². The van der Waals surface area contributed by atoms with Gasteiger partial charge in [-0.05, 0) is 37.3 Å². The summed E-state index contributed by atoms with van der Waals surface area (Å²) in [6.45, 7) is 0. The summed E-state index contributed by atoms with van der Waals surface area (Å²) in [6.07, 6.45) is 4.10. The maximum atomic E-state index is 11.0. The van der Waals surface area contributed by atoms with Crippen molar-refractivity contribution in [2.24, 2.45) is 5.14 Å². The molecule has 6 heteroatoms. The van der Waals surface area contributed by atoms with Gasteiger partial charge in [-0.15, -0.1) is 0 Å². The first-order valence-electron chi connectivity index (χ1n) is 5.13. The zero-order valence-electron chi connectivity index (χ0n) is 8.74. The van der Waals surface area contributed by atoms with Gasteiger partial charge in [0.15, 0.2) is 0 Å². The lowest BCUT2D eigenvalue weighted by molar-refractivity contribution is 0.596. The zero-order valence-corrected chi connectivity index (χ0v) is 10.3. The molecule has 0 spiro atoms. The molecule has 0 aromatic carbocycles. The van der Waals surface area contributed by atoms with E-state index in [0.29, 0.717) is 5.56 Å². The Morgan fingerprint density at radius 1 is 1.38 bits per heavy atom. The van der Waals surface area contributed by atoms with Crippen molar-refractivity contribution in [3.8, 4) is 0 Å². The lowest BCUT2D eigenvalue weighted by Gasteiger charge is -2.16. The van der Waals surface area contributed by atoms with E-state index in [1.807, 2.05) is 6.07 Å². The Labute approximate surface area is 99.9 Å². The third-order valence-corrected chi connectivity index (χ3v) is 3.72. The van der Waals surface area contributed by atoms with E-state index in [1.165, 1.54) is 0 Å². The first kappa shape index (κ1) is 11.8. The Balaban J connectivity index is 2.40. The van der Waals surface area contributed by atoms with E-state index >= 15 is 0 Å². The number of aryl methyl sites for hydroxylation is 2. The van der Waals surface area contributed by atoms with Gasteiger partial charge in [-0.3, -0.25) is 0 Å². The Bertz CT molecular complexity index is 514. The Hall–Kier alpha value is -0.650. The number of fused-ring (bicyclic) bond motifs is 1. The smallest absolute Gasteiger partial charge is 0.213 e. The molecule has 2 N–H and O–H groups in total. The summed E-state index contributed by atoms with van der Waals surface area (Å²) in [5.41, 5.74) is 2.61. The maximum Gasteiger partial charge on any atom is 0.213 e. The van der Waals surface area contributed by atoms with E-state index in [9.17, 15) is 8.42 Å². The average molecular weight is 261 g/mol. The molecule has 0 fully saturated rings. The Kier molecular flexibility index (Phi) is 3.19. The van der Waals surface area contributed by atoms with E-state index in [0.717, 1.165) is 36.9 Å². The summed E-state index contributed by atoms with van der Waals surface area (Å²) < 4.78 is 22.0. The summed E-state index contributed by atoms with van der Waals surface area (Å²) in [5.74, 6) is -0.244. The normalized spacial score (nSPS) is 15.9. The second-order valence-electron chi connectivity index (χ2n) is 4.06. The molecule has 4 nitrogen and oxygen atoms in total. The number of halogens is 1. The fourth-order valence-corrected chi connectivity index (χ4v) is 2.93. The molecule has 0 saturated carbocycles. The van der Waals surface area contributed by atoms with Crippen LogP contribution in [0.4, 0.5) is 0 Å². The molecule has 1 aliphatic rings. The second-order valence-corrected chi connectivity index (χ2v) is 6.03. The molecule has 1 aliphatic carbocycles. The molecular weight excluding hydrogens is 248 g/mol. The molecule has 1 heterocycles. The largest absolute Gasteiger partial charge is 0.241 e. The average Bonchev–Trinajstić information content (AvgIpc) is 2.17. The monoisotopic (exact) mass is 260 g/mol. The molecule has 0 saturated heterocycles. The molecule has 0 bridgehead atoms. The van der Waals surface area contributed by atoms with Crippen LogP contribution < -0.4 is 5.14 Å². The number of sulfonamides is 1. The van der Waals surface area contributed by atoms with Crippen LogP contribution in [-0.4, -0.2) is 13.4 Å². The number of primary sulfonamides is 1. The summed E-state index contributed by atoms with van der Waals surface area (Å²) >= 11 is 5.94. The van der Waals surface area contributed by atoms with Gasteiger partial charge in [-0.2, -0.15) is 0 Å². The summed E-state index contributed by atoms with van der Waals surface area (Å²) in [5, 5.41) is 5.26. The molecule has 0 radical (unpaired) electrons. The lowest BCUT2D eigenvalue weighted by Crippen LogP contribution is -2.16. The van der Waals surface area contributed by atoms with E-state index in [-0.39, 0.29) is 10.9 Å². The van der Waals surface area contributed by atoms with Crippen LogP contribution >= 0.6 is 11.6 Å². The highest BCUT2D eigenvalue weighted by Gasteiger charge is 2.16. The standard InChI is InChI=1S/C10H13ClN2O2S/c11-10-8(6-16(12,14)15)5-7-3-1-2-4-9(7)13-10/h5H,1-4,6H2,(H2,12,14,15). The van der Waals surface area contributed by atoms with Gasteiger partial charge in [0.1, 0.15) is 5.15 Å². The van der Waals surface area contributed by atoms with Gasteiger partial charge in [-0.25, -0.2) is 18.5 Å². The second kappa shape index (κ2) is 4.31. The van der Waals surface area contributed by atoms with Crippen LogP contribution in [0.2, 0.25) is 5.15 Å². The van der Waals surface area contributed by atoms with Gasteiger partial charge in [-0.1, -0.05) is 11.6 Å². The van der Waals surface area contributed by atoms with Crippen molar-refractivity contribution < 1.29 is 8.42 Å². The predicted molar refractivity (Wildman–Crippen MR) is 62.7 cm³/mol. The van der Waals surface area contributed by atoms with Crippen LogP contribution in [0.5, 0.6) is 0 Å². The highest BCUT2D eigenvalue weighted by atomic mass is 35.5. The highest BCUT2D eigenvalue weighted by Crippen LogP contribution is 2.25. The van der Waals surface area contributed by atoms with Gasteiger partial charge < -0.3 is 0 Å². The maximum absolute atomic E-state index is 11.0. The lowest BCUT2D eigenvalue weighted by atomic mass is 9.95. The summed E-state index contributed by atoms with van der Waals surface area (Å²) in [4.78, 5) is 4.24. The third kappa shape index (κ3) is 2.72. The van der Waals surface area contributed by atoms with Crippen LogP contribution in [0, 0.1) is 0 Å². The van der Waals surface area contributed by atoms with Crippen LogP contribution in [0.3, 0.4) is 0 Å². The number of rotatable bonds is 2. The number of nitrogens with zero attached hydrogens (tertiary/aromatic N) is 1. The van der Waals surface area contributed by atoms with Crippen LogP contribution in [-0.2, 0) is 28.6 Å². The number of pyridine rings is 1. The van der Waals surface area contributed by atoms with E-state index in [2.05, 4.69) is 4.98 Å². The van der Waals surface area contributed by atoms with Gasteiger partial charge in [0, 0.05) is 11.3 Å². The van der Waals surface area contributed by atoms with Crippen molar-refractivity contribution in [2.75, 3.05) is 0 Å². The first-order valence-corrected chi connectivity index (χ1v) is 7.23. The summed E-state index contributed by atoms with van der Waals surface area (Å²) in [6, 6.07) is 1.83. The van der Waals surface area contributed by atoms with Crippen LogP contribution in [0.25, 0.3) is 0 Å². The SMILES string of the molecule is NS(=O)(=O)Cc1cc2c(nc1Cl)CCCC2. The minimum absolute atomic E-state index is 0.244. The van der Waals surface area contributed by atoms with Crippen molar-refractivity contribution in [1.29, 1.82) is 0 Å². The molecule has 0 aliphatic heterocycles. The van der Waals surface area contributed by atoms with Crippen molar-refractivity contribution in [3.05, 3.63) is 28.0 Å². The molecule has 88 valence electrons. The highest BCUT2D eigenvalue weighted by molar-refractivity contribution is 7.88. The third-order valence-electron chi connectivity index (χ3n) is 2.68. The van der Waals surface area contributed by atoms with Crippen molar-refractivity contribution in [2.45, 2.75) is 31.4 Å².